The number of nitrogens with zero attached hydrogens (tertiary/aromatic N) is 3. The molecule has 2 heterocycles. The van der Waals surface area contributed by atoms with Crippen LogP contribution in [0.1, 0.15) is 30.2 Å². The molecule has 1 atom stereocenters. The highest BCUT2D eigenvalue weighted by molar-refractivity contribution is 5.89. The van der Waals surface area contributed by atoms with Crippen LogP contribution in [0.4, 0.5) is 5.82 Å². The summed E-state index contributed by atoms with van der Waals surface area (Å²) in [6.45, 7) is 6.00. The van der Waals surface area contributed by atoms with Gasteiger partial charge >= 0.3 is 0 Å². The summed E-state index contributed by atoms with van der Waals surface area (Å²) in [5, 5.41) is 4.49. The molecule has 106 valence electrons. The standard InChI is InChI=1S/C17H18N4/c1-11-7-6-10-15(18-11)12(2)19-17-14-8-4-5-9-16(14)20-13(3)21-17/h4-10,12H,1-3H3,(H,19,20,21). The maximum absolute atomic E-state index is 4.57. The van der Waals surface area contributed by atoms with E-state index in [1.54, 1.807) is 0 Å². The number of hydrogen-bond donors (Lipinski definition) is 1. The van der Waals surface area contributed by atoms with Gasteiger partial charge in [0.25, 0.3) is 0 Å². The zero-order valence-corrected chi connectivity index (χ0v) is 12.5. The summed E-state index contributed by atoms with van der Waals surface area (Å²) in [6.07, 6.45) is 0. The second kappa shape index (κ2) is 5.48. The van der Waals surface area contributed by atoms with Gasteiger partial charge in [0.05, 0.1) is 17.3 Å². The molecule has 0 spiro atoms. The van der Waals surface area contributed by atoms with Crippen LogP contribution in [0.3, 0.4) is 0 Å². The first-order valence-corrected chi connectivity index (χ1v) is 7.07. The second-order valence-corrected chi connectivity index (χ2v) is 5.21. The first kappa shape index (κ1) is 13.5. The van der Waals surface area contributed by atoms with Crippen molar-refractivity contribution in [1.82, 2.24) is 15.0 Å². The van der Waals surface area contributed by atoms with Gasteiger partial charge in [-0.15, -0.1) is 0 Å². The van der Waals surface area contributed by atoms with E-state index in [1.165, 1.54) is 0 Å². The number of aryl methyl sites for hydroxylation is 2. The van der Waals surface area contributed by atoms with E-state index >= 15 is 0 Å². The fourth-order valence-electron chi connectivity index (χ4n) is 2.39. The van der Waals surface area contributed by atoms with E-state index in [0.29, 0.717) is 0 Å². The lowest BCUT2D eigenvalue weighted by Gasteiger charge is -2.16. The van der Waals surface area contributed by atoms with Crippen LogP contribution in [0, 0.1) is 13.8 Å². The average molecular weight is 278 g/mol. The Labute approximate surface area is 124 Å². The van der Waals surface area contributed by atoms with Crippen LogP contribution in [0.2, 0.25) is 0 Å². The van der Waals surface area contributed by atoms with Gasteiger partial charge in [0.15, 0.2) is 0 Å². The molecule has 0 aliphatic carbocycles. The minimum absolute atomic E-state index is 0.0857. The quantitative estimate of drug-likeness (QED) is 0.791. The highest BCUT2D eigenvalue weighted by Gasteiger charge is 2.11. The smallest absolute Gasteiger partial charge is 0.138 e. The maximum atomic E-state index is 4.57. The molecule has 0 amide bonds. The lowest BCUT2D eigenvalue weighted by atomic mass is 10.2. The Kier molecular flexibility index (Phi) is 3.52. The van der Waals surface area contributed by atoms with Crippen LogP contribution in [0.5, 0.6) is 0 Å². The summed E-state index contributed by atoms with van der Waals surface area (Å²) >= 11 is 0. The van der Waals surface area contributed by atoms with E-state index in [2.05, 4.69) is 27.2 Å². The van der Waals surface area contributed by atoms with Gasteiger partial charge in [-0.1, -0.05) is 18.2 Å². The van der Waals surface area contributed by atoms with Crippen molar-refractivity contribution in [3.63, 3.8) is 0 Å². The molecule has 1 N–H and O–H groups in total. The summed E-state index contributed by atoms with van der Waals surface area (Å²) in [5.41, 5.74) is 2.98. The molecule has 0 aliphatic heterocycles. The predicted molar refractivity (Wildman–Crippen MR) is 85.3 cm³/mol. The first-order chi connectivity index (χ1) is 10.1. The number of pyridine rings is 1. The first-order valence-electron chi connectivity index (χ1n) is 7.07. The highest BCUT2D eigenvalue weighted by atomic mass is 15.1. The van der Waals surface area contributed by atoms with Crippen molar-refractivity contribution in [2.24, 2.45) is 0 Å². The third kappa shape index (κ3) is 2.84. The third-order valence-electron chi connectivity index (χ3n) is 3.42. The van der Waals surface area contributed by atoms with E-state index < -0.39 is 0 Å². The van der Waals surface area contributed by atoms with Crippen LogP contribution in [0.15, 0.2) is 42.5 Å². The summed E-state index contributed by atoms with van der Waals surface area (Å²) in [5.74, 6) is 1.62. The van der Waals surface area contributed by atoms with Gasteiger partial charge in [-0.2, -0.15) is 0 Å². The molecular formula is C17H18N4. The van der Waals surface area contributed by atoms with Crippen LogP contribution >= 0.6 is 0 Å². The lowest BCUT2D eigenvalue weighted by molar-refractivity contribution is 0.823. The van der Waals surface area contributed by atoms with E-state index in [-0.39, 0.29) is 6.04 Å². The van der Waals surface area contributed by atoms with Gasteiger partial charge in [-0.3, -0.25) is 4.98 Å². The van der Waals surface area contributed by atoms with Gasteiger partial charge < -0.3 is 5.32 Å². The molecule has 3 rings (SSSR count). The maximum Gasteiger partial charge on any atom is 0.138 e. The second-order valence-electron chi connectivity index (χ2n) is 5.21. The van der Waals surface area contributed by atoms with Crippen LogP contribution in [0.25, 0.3) is 10.9 Å². The van der Waals surface area contributed by atoms with Crippen molar-refractivity contribution < 1.29 is 0 Å². The Morgan fingerprint density at radius 2 is 1.71 bits per heavy atom. The Morgan fingerprint density at radius 3 is 2.52 bits per heavy atom. The number of nitrogens with one attached hydrogen (secondary N) is 1. The predicted octanol–water partition coefficient (Wildman–Crippen LogP) is 3.81. The van der Waals surface area contributed by atoms with Gasteiger partial charge in [-0.25, -0.2) is 9.97 Å². The van der Waals surface area contributed by atoms with E-state index in [1.807, 2.05) is 56.3 Å². The molecule has 0 fully saturated rings. The van der Waals surface area contributed by atoms with Crippen molar-refractivity contribution in [3.8, 4) is 0 Å². The third-order valence-corrected chi connectivity index (χ3v) is 3.42. The number of para-hydroxylation sites is 1. The van der Waals surface area contributed by atoms with E-state index in [9.17, 15) is 0 Å². The molecule has 4 nitrogen and oxygen atoms in total. The Bertz CT molecular complexity index is 783. The topological polar surface area (TPSA) is 50.7 Å². The van der Waals surface area contributed by atoms with Gasteiger partial charge in [0.1, 0.15) is 11.6 Å². The fourth-order valence-corrected chi connectivity index (χ4v) is 2.39. The lowest BCUT2D eigenvalue weighted by Crippen LogP contribution is -2.11. The zero-order chi connectivity index (χ0) is 14.8. The summed E-state index contributed by atoms with van der Waals surface area (Å²) in [4.78, 5) is 13.6. The van der Waals surface area contributed by atoms with E-state index in [4.69, 9.17) is 0 Å². The van der Waals surface area contributed by atoms with Gasteiger partial charge in [0.2, 0.25) is 0 Å². The number of benzene rings is 1. The number of hydrogen-bond acceptors (Lipinski definition) is 4. The molecule has 0 aliphatic rings. The number of fused-ring (bicyclic) bond motifs is 1. The van der Waals surface area contributed by atoms with Crippen LogP contribution in [-0.2, 0) is 0 Å². The number of aromatic nitrogens is 3. The largest absolute Gasteiger partial charge is 0.361 e. The summed E-state index contributed by atoms with van der Waals surface area (Å²) in [6, 6.07) is 14.2. The Morgan fingerprint density at radius 1 is 0.905 bits per heavy atom. The molecule has 0 saturated carbocycles. The minimum atomic E-state index is 0.0857. The SMILES string of the molecule is Cc1cccc(C(C)Nc2nc(C)nc3ccccc23)n1. The van der Waals surface area contributed by atoms with Gasteiger partial charge in [-0.05, 0) is 45.0 Å². The Hall–Kier alpha value is -2.49. The monoisotopic (exact) mass is 278 g/mol. The molecule has 1 unspecified atom stereocenters. The number of rotatable bonds is 3. The molecule has 0 saturated heterocycles. The van der Waals surface area contributed by atoms with E-state index in [0.717, 1.165) is 33.9 Å². The Balaban J connectivity index is 1.98. The molecule has 0 radical (unpaired) electrons. The van der Waals surface area contributed by atoms with Crippen LogP contribution in [-0.4, -0.2) is 15.0 Å². The average Bonchev–Trinajstić information content (AvgIpc) is 2.47. The number of anilines is 1. The normalized spacial score (nSPS) is 12.3. The fraction of sp³-hybridized carbons (Fsp3) is 0.235. The molecular weight excluding hydrogens is 260 g/mol. The zero-order valence-electron chi connectivity index (χ0n) is 12.5. The summed E-state index contributed by atoms with van der Waals surface area (Å²) in [7, 11) is 0. The molecule has 4 heteroatoms. The van der Waals surface area contributed by atoms with Crippen molar-refractivity contribution in [2.75, 3.05) is 5.32 Å². The van der Waals surface area contributed by atoms with Crippen molar-refractivity contribution in [3.05, 3.63) is 59.7 Å². The van der Waals surface area contributed by atoms with Crippen molar-refractivity contribution in [2.45, 2.75) is 26.8 Å². The van der Waals surface area contributed by atoms with Crippen molar-refractivity contribution >= 4 is 16.7 Å². The molecule has 0 bridgehead atoms. The minimum Gasteiger partial charge on any atom is -0.361 e. The van der Waals surface area contributed by atoms with Crippen LogP contribution < -0.4 is 5.32 Å². The molecule has 3 aromatic rings. The molecule has 2 aromatic heterocycles. The highest BCUT2D eigenvalue weighted by Crippen LogP contribution is 2.24. The molecule has 1 aromatic carbocycles. The van der Waals surface area contributed by atoms with Gasteiger partial charge in [0, 0.05) is 11.1 Å². The van der Waals surface area contributed by atoms with Crippen molar-refractivity contribution in [1.29, 1.82) is 0 Å². The summed E-state index contributed by atoms with van der Waals surface area (Å²) < 4.78 is 0. The molecule has 21 heavy (non-hydrogen) atoms.